The Kier molecular flexibility index (Phi) is 6.11. The van der Waals surface area contributed by atoms with Crippen LogP contribution in [0.2, 0.25) is 0 Å². The van der Waals surface area contributed by atoms with Crippen molar-refractivity contribution in [1.29, 1.82) is 0 Å². The largest absolute Gasteiger partial charge is 0.469 e. The fourth-order valence-corrected chi connectivity index (χ4v) is 1.66. The Bertz CT molecular complexity index is 600. The molecule has 0 heterocycles. The minimum absolute atomic E-state index is 0.307. The molecule has 6 nitrogen and oxygen atoms in total. The number of ether oxygens (including phenoxy) is 2. The predicted molar refractivity (Wildman–Crippen MR) is 71.3 cm³/mol. The smallest absolute Gasteiger partial charge is 0.416 e. The Balaban J connectivity index is 2.94. The van der Waals surface area contributed by atoms with Gasteiger partial charge in [-0.1, -0.05) is 6.07 Å². The van der Waals surface area contributed by atoms with Gasteiger partial charge >= 0.3 is 18.1 Å². The van der Waals surface area contributed by atoms with Crippen LogP contribution in [0.25, 0.3) is 0 Å². The maximum Gasteiger partial charge on any atom is 0.416 e. The molecule has 0 aliphatic heterocycles. The van der Waals surface area contributed by atoms with E-state index in [9.17, 15) is 27.6 Å². The molecule has 0 aromatic heterocycles. The van der Waals surface area contributed by atoms with E-state index in [0.29, 0.717) is 6.07 Å². The van der Waals surface area contributed by atoms with Gasteiger partial charge in [-0.2, -0.15) is 13.2 Å². The molecular formula is C14H14F3NO5. The van der Waals surface area contributed by atoms with Crippen molar-refractivity contribution >= 4 is 17.8 Å². The lowest BCUT2D eigenvalue weighted by Gasteiger charge is -2.16. The number of halogens is 3. The third kappa shape index (κ3) is 5.28. The number of nitrogens with one attached hydrogen (secondary N) is 1. The molecule has 1 atom stereocenters. The third-order valence-corrected chi connectivity index (χ3v) is 2.84. The van der Waals surface area contributed by atoms with E-state index >= 15 is 0 Å². The average molecular weight is 333 g/mol. The number of alkyl halides is 3. The minimum Gasteiger partial charge on any atom is -0.469 e. The summed E-state index contributed by atoms with van der Waals surface area (Å²) in [5.74, 6) is -2.66. The van der Waals surface area contributed by atoms with Crippen molar-refractivity contribution < 1.29 is 37.0 Å². The second-order valence-electron chi connectivity index (χ2n) is 4.41. The summed E-state index contributed by atoms with van der Waals surface area (Å²) in [6.45, 7) is 0. The van der Waals surface area contributed by atoms with Crippen LogP contribution in [0.3, 0.4) is 0 Å². The van der Waals surface area contributed by atoms with Gasteiger partial charge in [0, 0.05) is 5.56 Å². The van der Waals surface area contributed by atoms with Crippen molar-refractivity contribution in [2.24, 2.45) is 0 Å². The highest BCUT2D eigenvalue weighted by molar-refractivity contribution is 5.97. The molecule has 9 heteroatoms. The van der Waals surface area contributed by atoms with Crippen molar-refractivity contribution in [3.63, 3.8) is 0 Å². The van der Waals surface area contributed by atoms with Gasteiger partial charge in [0.2, 0.25) is 0 Å². The monoisotopic (exact) mass is 333 g/mol. The van der Waals surface area contributed by atoms with Gasteiger partial charge in [0.1, 0.15) is 6.04 Å². The topological polar surface area (TPSA) is 81.7 Å². The zero-order valence-electron chi connectivity index (χ0n) is 12.3. The average Bonchev–Trinajstić information content (AvgIpc) is 2.52. The fraction of sp³-hybridized carbons (Fsp3) is 0.357. The van der Waals surface area contributed by atoms with Gasteiger partial charge in [0.05, 0.1) is 26.2 Å². The molecule has 1 amide bonds. The molecule has 1 aromatic carbocycles. The number of amides is 1. The number of rotatable bonds is 5. The molecule has 1 rings (SSSR count). The summed E-state index contributed by atoms with van der Waals surface area (Å²) in [5, 5.41) is 2.15. The van der Waals surface area contributed by atoms with E-state index in [1.165, 1.54) is 0 Å². The Labute approximate surface area is 129 Å². The van der Waals surface area contributed by atoms with E-state index in [1.807, 2.05) is 0 Å². The molecule has 0 saturated carbocycles. The van der Waals surface area contributed by atoms with Gasteiger partial charge in [0.25, 0.3) is 5.91 Å². The summed E-state index contributed by atoms with van der Waals surface area (Å²) < 4.78 is 46.7. The molecule has 0 aliphatic carbocycles. The summed E-state index contributed by atoms with van der Waals surface area (Å²) >= 11 is 0. The summed E-state index contributed by atoms with van der Waals surface area (Å²) in [7, 11) is 2.13. The molecule has 0 aliphatic rings. The zero-order valence-corrected chi connectivity index (χ0v) is 12.3. The molecule has 1 N–H and O–H groups in total. The highest BCUT2D eigenvalue weighted by Gasteiger charge is 2.31. The third-order valence-electron chi connectivity index (χ3n) is 2.84. The van der Waals surface area contributed by atoms with Gasteiger partial charge in [0.15, 0.2) is 0 Å². The van der Waals surface area contributed by atoms with E-state index in [2.05, 4.69) is 14.8 Å². The SMILES string of the molecule is COC(=O)C[C@@H](NC(=O)c1cccc(C(F)(F)F)c1)C(=O)OC. The second kappa shape index (κ2) is 7.61. The summed E-state index contributed by atoms with van der Waals surface area (Å²) in [5.41, 5.74) is -1.31. The first-order valence-corrected chi connectivity index (χ1v) is 6.31. The Morgan fingerprint density at radius 1 is 1.17 bits per heavy atom. The van der Waals surface area contributed by atoms with Gasteiger partial charge in [-0.05, 0) is 18.2 Å². The lowest BCUT2D eigenvalue weighted by Crippen LogP contribution is -2.43. The van der Waals surface area contributed by atoms with Crippen LogP contribution >= 0.6 is 0 Å². The van der Waals surface area contributed by atoms with Crippen LogP contribution in [0.15, 0.2) is 24.3 Å². The first-order valence-electron chi connectivity index (χ1n) is 6.31. The highest BCUT2D eigenvalue weighted by Crippen LogP contribution is 2.29. The number of methoxy groups -OCH3 is 2. The number of carbonyl (C=O) groups is 3. The lowest BCUT2D eigenvalue weighted by atomic mass is 10.1. The van der Waals surface area contributed by atoms with Crippen LogP contribution in [0, 0.1) is 0 Å². The van der Waals surface area contributed by atoms with Gasteiger partial charge in [-0.15, -0.1) is 0 Å². The molecule has 0 saturated heterocycles. The second-order valence-corrected chi connectivity index (χ2v) is 4.41. The fourth-order valence-electron chi connectivity index (χ4n) is 1.66. The molecule has 23 heavy (non-hydrogen) atoms. The first-order chi connectivity index (χ1) is 10.7. The molecule has 0 unspecified atom stereocenters. The maximum absolute atomic E-state index is 12.6. The quantitative estimate of drug-likeness (QED) is 0.827. The van der Waals surface area contributed by atoms with Crippen molar-refractivity contribution in [3.8, 4) is 0 Å². The molecule has 0 radical (unpaired) electrons. The lowest BCUT2D eigenvalue weighted by molar-refractivity contribution is -0.149. The van der Waals surface area contributed by atoms with Gasteiger partial charge < -0.3 is 14.8 Å². The summed E-state index contributed by atoms with van der Waals surface area (Å²) in [6, 6.07) is 2.29. The molecule has 1 aromatic rings. The standard InChI is InChI=1S/C14H14F3NO5/c1-22-11(19)7-10(13(21)23-2)18-12(20)8-4-3-5-9(6-8)14(15,16)17/h3-6,10H,7H2,1-2H3,(H,18,20)/t10-/m1/s1. The number of benzene rings is 1. The van der Waals surface area contributed by atoms with Crippen LogP contribution < -0.4 is 5.32 Å². The van der Waals surface area contributed by atoms with Crippen molar-refractivity contribution in [2.45, 2.75) is 18.6 Å². The van der Waals surface area contributed by atoms with Crippen LogP contribution in [0.1, 0.15) is 22.3 Å². The van der Waals surface area contributed by atoms with Crippen LogP contribution in [-0.4, -0.2) is 38.1 Å². The maximum atomic E-state index is 12.6. The van der Waals surface area contributed by atoms with Crippen molar-refractivity contribution in [2.75, 3.05) is 14.2 Å². The van der Waals surface area contributed by atoms with Crippen LogP contribution in [0.5, 0.6) is 0 Å². The Morgan fingerprint density at radius 3 is 2.35 bits per heavy atom. The van der Waals surface area contributed by atoms with E-state index < -0.39 is 42.0 Å². The van der Waals surface area contributed by atoms with E-state index in [1.54, 1.807) is 0 Å². The molecule has 0 bridgehead atoms. The van der Waals surface area contributed by atoms with Gasteiger partial charge in [-0.25, -0.2) is 4.79 Å². The van der Waals surface area contributed by atoms with Crippen molar-refractivity contribution in [1.82, 2.24) is 5.32 Å². The van der Waals surface area contributed by atoms with Crippen molar-refractivity contribution in [3.05, 3.63) is 35.4 Å². The van der Waals surface area contributed by atoms with Crippen LogP contribution in [-0.2, 0) is 25.2 Å². The number of hydrogen-bond donors (Lipinski definition) is 1. The van der Waals surface area contributed by atoms with E-state index in [0.717, 1.165) is 32.4 Å². The minimum atomic E-state index is -4.61. The molecule has 126 valence electrons. The van der Waals surface area contributed by atoms with Crippen LogP contribution in [0.4, 0.5) is 13.2 Å². The normalized spacial score (nSPS) is 12.2. The summed E-state index contributed by atoms with van der Waals surface area (Å²) in [4.78, 5) is 34.7. The highest BCUT2D eigenvalue weighted by atomic mass is 19.4. The number of esters is 2. The molecule has 0 spiro atoms. The number of carbonyl (C=O) groups excluding carboxylic acids is 3. The predicted octanol–water partition coefficient (Wildman–Crippen LogP) is 1.54. The zero-order chi connectivity index (χ0) is 17.6. The van der Waals surface area contributed by atoms with E-state index in [4.69, 9.17) is 0 Å². The number of hydrogen-bond acceptors (Lipinski definition) is 5. The van der Waals surface area contributed by atoms with E-state index in [-0.39, 0.29) is 5.56 Å². The Hall–Kier alpha value is -2.58. The Morgan fingerprint density at radius 2 is 1.83 bits per heavy atom. The summed E-state index contributed by atoms with van der Waals surface area (Å²) in [6.07, 6.45) is -5.11. The first kappa shape index (κ1) is 18.5. The molecular weight excluding hydrogens is 319 g/mol. The molecule has 0 fully saturated rings. The van der Waals surface area contributed by atoms with Gasteiger partial charge in [-0.3, -0.25) is 9.59 Å².